The van der Waals surface area contributed by atoms with Crippen LogP contribution in [0.2, 0.25) is 5.15 Å². The van der Waals surface area contributed by atoms with Crippen molar-refractivity contribution in [3.8, 4) is 0 Å². The van der Waals surface area contributed by atoms with E-state index in [1.807, 2.05) is 6.92 Å². The lowest BCUT2D eigenvalue weighted by Gasteiger charge is -2.14. The van der Waals surface area contributed by atoms with E-state index in [0.717, 1.165) is 25.7 Å². The van der Waals surface area contributed by atoms with Crippen molar-refractivity contribution < 1.29 is 4.21 Å². The quantitative estimate of drug-likeness (QED) is 0.838. The summed E-state index contributed by atoms with van der Waals surface area (Å²) in [5.74, 6) is 0.144. The molecule has 118 valence electrons. The molecule has 0 radical (unpaired) electrons. The average Bonchev–Trinajstić information content (AvgIpc) is 2.91. The highest BCUT2D eigenvalue weighted by Crippen LogP contribution is 2.34. The van der Waals surface area contributed by atoms with E-state index in [4.69, 9.17) is 11.6 Å². The summed E-state index contributed by atoms with van der Waals surface area (Å²) in [6, 6.07) is 0. The van der Waals surface area contributed by atoms with Gasteiger partial charge in [0.05, 0.1) is 5.56 Å². The minimum atomic E-state index is -0.963. The maximum Gasteiger partial charge on any atom is 0.329 e. The molecule has 5 nitrogen and oxygen atoms in total. The summed E-state index contributed by atoms with van der Waals surface area (Å²) in [7, 11) is -0.963. The Labute approximate surface area is 131 Å². The fourth-order valence-corrected chi connectivity index (χ4v) is 3.56. The van der Waals surface area contributed by atoms with Crippen LogP contribution in [-0.2, 0) is 17.3 Å². The second-order valence-corrected chi connectivity index (χ2v) is 7.87. The molecule has 1 N–H and O–H groups in total. The Balaban J connectivity index is 2.33. The van der Waals surface area contributed by atoms with Gasteiger partial charge < -0.3 is 0 Å². The van der Waals surface area contributed by atoms with Crippen LogP contribution in [0.4, 0.5) is 0 Å². The highest BCUT2D eigenvalue weighted by molar-refractivity contribution is 7.84. The number of hydrogen-bond donors (Lipinski definition) is 1. The molecule has 0 aromatic carbocycles. The third-order valence-electron chi connectivity index (χ3n) is 4.26. The molecular formula is C14H21ClN2O3S. The van der Waals surface area contributed by atoms with E-state index in [9.17, 15) is 13.8 Å². The molecule has 2 rings (SSSR count). The first-order valence-electron chi connectivity index (χ1n) is 7.26. The van der Waals surface area contributed by atoms with Crippen molar-refractivity contribution in [2.24, 2.45) is 0 Å². The van der Waals surface area contributed by atoms with Crippen molar-refractivity contribution in [3.05, 3.63) is 31.6 Å². The molecule has 0 saturated heterocycles. The number of rotatable bonds is 5. The zero-order valence-electron chi connectivity index (χ0n) is 12.4. The zero-order valence-corrected chi connectivity index (χ0v) is 13.9. The predicted octanol–water partition coefficient (Wildman–Crippen LogP) is 2.00. The number of aromatic nitrogens is 2. The fraction of sp³-hybridized carbons (Fsp3) is 0.714. The molecule has 1 aromatic heterocycles. The molecule has 1 aliphatic rings. The fourth-order valence-electron chi connectivity index (χ4n) is 2.81. The molecule has 1 aliphatic carbocycles. The summed E-state index contributed by atoms with van der Waals surface area (Å²) >= 11 is 6.08. The normalized spacial score (nSPS) is 18.8. The smallest absolute Gasteiger partial charge is 0.297 e. The first kappa shape index (κ1) is 16.5. The van der Waals surface area contributed by atoms with Crippen LogP contribution in [0.1, 0.15) is 50.5 Å². The van der Waals surface area contributed by atoms with E-state index < -0.39 is 16.5 Å². The Morgan fingerprint density at radius 1 is 1.38 bits per heavy atom. The van der Waals surface area contributed by atoms with Gasteiger partial charge in [-0.3, -0.25) is 18.6 Å². The van der Waals surface area contributed by atoms with Crippen LogP contribution in [-0.4, -0.2) is 25.3 Å². The van der Waals surface area contributed by atoms with Gasteiger partial charge in [-0.2, -0.15) is 0 Å². The first-order chi connectivity index (χ1) is 9.91. The molecule has 1 aromatic rings. The van der Waals surface area contributed by atoms with Crippen molar-refractivity contribution in [3.63, 3.8) is 0 Å². The molecule has 0 amide bonds. The highest BCUT2D eigenvalue weighted by Gasteiger charge is 2.25. The molecular weight excluding hydrogens is 312 g/mol. The van der Waals surface area contributed by atoms with E-state index in [2.05, 4.69) is 4.98 Å². The Morgan fingerprint density at radius 3 is 2.57 bits per heavy atom. The van der Waals surface area contributed by atoms with Crippen LogP contribution < -0.4 is 11.2 Å². The van der Waals surface area contributed by atoms with Crippen molar-refractivity contribution in [2.45, 2.75) is 56.7 Å². The standard InChI is InChI=1S/C14H21ClN2O3S/c1-9(21(2)20)7-8-17-13(18)11(10-5-3-4-6-10)12(15)16-14(17)19/h9-10H,3-8H2,1-2H3,(H,16,19). The van der Waals surface area contributed by atoms with Crippen LogP contribution in [0.5, 0.6) is 0 Å². The second kappa shape index (κ2) is 6.92. The topological polar surface area (TPSA) is 71.9 Å². The van der Waals surface area contributed by atoms with Gasteiger partial charge in [0.1, 0.15) is 5.15 Å². The van der Waals surface area contributed by atoms with Gasteiger partial charge in [-0.05, 0) is 25.2 Å². The lowest BCUT2D eigenvalue weighted by atomic mass is 10.0. The molecule has 1 saturated carbocycles. The monoisotopic (exact) mass is 332 g/mol. The third kappa shape index (κ3) is 3.66. The number of H-pyrrole nitrogens is 1. The summed E-state index contributed by atoms with van der Waals surface area (Å²) < 4.78 is 12.6. The summed E-state index contributed by atoms with van der Waals surface area (Å²) in [4.78, 5) is 27.1. The molecule has 0 aliphatic heterocycles. The van der Waals surface area contributed by atoms with Gasteiger partial charge in [0.15, 0.2) is 0 Å². The minimum Gasteiger partial charge on any atom is -0.297 e. The summed E-state index contributed by atoms with van der Waals surface area (Å²) in [6.45, 7) is 2.12. The molecule has 1 fully saturated rings. The molecule has 2 atom stereocenters. The van der Waals surface area contributed by atoms with Gasteiger partial charge in [0.2, 0.25) is 0 Å². The Hall–Kier alpha value is -0.880. The number of nitrogens with one attached hydrogen (secondary N) is 1. The highest BCUT2D eigenvalue weighted by atomic mass is 35.5. The van der Waals surface area contributed by atoms with E-state index in [1.54, 1.807) is 6.26 Å². The predicted molar refractivity (Wildman–Crippen MR) is 85.7 cm³/mol. The van der Waals surface area contributed by atoms with Crippen LogP contribution in [0.15, 0.2) is 9.59 Å². The van der Waals surface area contributed by atoms with E-state index in [0.29, 0.717) is 12.0 Å². The number of halogens is 1. The first-order valence-corrected chi connectivity index (χ1v) is 9.26. The average molecular weight is 333 g/mol. The third-order valence-corrected chi connectivity index (χ3v) is 5.93. The van der Waals surface area contributed by atoms with Gasteiger partial charge in [0, 0.05) is 28.9 Å². The molecule has 2 unspecified atom stereocenters. The minimum absolute atomic E-state index is 0.0538. The molecule has 7 heteroatoms. The summed E-state index contributed by atoms with van der Waals surface area (Å²) in [5.41, 5.74) is -0.232. The SMILES string of the molecule is CC(CCn1c(=O)[nH]c(Cl)c(C2CCCC2)c1=O)S(C)=O. The zero-order chi connectivity index (χ0) is 15.6. The van der Waals surface area contributed by atoms with Crippen LogP contribution in [0.25, 0.3) is 0 Å². The molecule has 21 heavy (non-hydrogen) atoms. The Morgan fingerprint density at radius 2 is 2.00 bits per heavy atom. The van der Waals surface area contributed by atoms with Gasteiger partial charge in [-0.25, -0.2) is 4.79 Å². The summed E-state index contributed by atoms with van der Waals surface area (Å²) in [5, 5.41) is 0.127. The number of nitrogens with zero attached hydrogens (tertiary/aromatic N) is 1. The Bertz CT molecular complexity index is 647. The molecule has 0 spiro atoms. The van der Waals surface area contributed by atoms with E-state index in [-0.39, 0.29) is 28.4 Å². The molecule has 1 heterocycles. The number of aromatic amines is 1. The van der Waals surface area contributed by atoms with Gasteiger partial charge in [-0.15, -0.1) is 0 Å². The molecule has 0 bridgehead atoms. The largest absolute Gasteiger partial charge is 0.329 e. The lowest BCUT2D eigenvalue weighted by molar-refractivity contribution is 0.564. The van der Waals surface area contributed by atoms with Crippen molar-refractivity contribution in [1.29, 1.82) is 0 Å². The van der Waals surface area contributed by atoms with E-state index >= 15 is 0 Å². The van der Waals surface area contributed by atoms with Crippen LogP contribution >= 0.6 is 11.6 Å². The van der Waals surface area contributed by atoms with Crippen LogP contribution in [0.3, 0.4) is 0 Å². The van der Waals surface area contributed by atoms with Crippen molar-refractivity contribution >= 4 is 22.4 Å². The van der Waals surface area contributed by atoms with Gasteiger partial charge in [0.25, 0.3) is 5.56 Å². The van der Waals surface area contributed by atoms with Crippen molar-refractivity contribution in [1.82, 2.24) is 9.55 Å². The maximum absolute atomic E-state index is 12.6. The number of hydrogen-bond acceptors (Lipinski definition) is 3. The van der Waals surface area contributed by atoms with Crippen molar-refractivity contribution in [2.75, 3.05) is 6.26 Å². The maximum atomic E-state index is 12.6. The van der Waals surface area contributed by atoms with Gasteiger partial charge >= 0.3 is 5.69 Å². The summed E-state index contributed by atoms with van der Waals surface area (Å²) in [6.07, 6.45) is 6.21. The van der Waals surface area contributed by atoms with E-state index in [1.165, 1.54) is 4.57 Å². The van der Waals surface area contributed by atoms with Crippen LogP contribution in [0, 0.1) is 0 Å². The Kier molecular flexibility index (Phi) is 5.43. The second-order valence-electron chi connectivity index (χ2n) is 5.69. The van der Waals surface area contributed by atoms with Gasteiger partial charge in [-0.1, -0.05) is 31.4 Å². The lowest BCUT2D eigenvalue weighted by Crippen LogP contribution is -2.38.